The molecule has 15 heavy (non-hydrogen) atoms. The summed E-state index contributed by atoms with van der Waals surface area (Å²) in [4.78, 5) is 22.4. The van der Waals surface area contributed by atoms with E-state index in [1.54, 1.807) is 13.0 Å². The molecule has 82 valence electrons. The molecule has 0 radical (unpaired) electrons. The van der Waals surface area contributed by atoms with E-state index in [4.69, 9.17) is 4.42 Å². The van der Waals surface area contributed by atoms with Crippen LogP contribution in [0.15, 0.2) is 22.8 Å². The normalized spacial score (nSPS) is 12.1. The van der Waals surface area contributed by atoms with Crippen molar-refractivity contribution in [1.82, 2.24) is 0 Å². The number of furan rings is 1. The largest absolute Gasteiger partial charge is 0.464 e. The Hall–Kier alpha value is -1.62. The van der Waals surface area contributed by atoms with Crippen LogP contribution >= 0.6 is 0 Å². The van der Waals surface area contributed by atoms with Crippen LogP contribution in [0.4, 0.5) is 0 Å². The second-order valence-electron chi connectivity index (χ2n) is 2.87. The van der Waals surface area contributed by atoms with Gasteiger partial charge >= 0.3 is 5.97 Å². The SMILES string of the molecule is CCOC(=O)C(O)CC(=O)c1ccco1. The summed E-state index contributed by atoms with van der Waals surface area (Å²) in [6.45, 7) is 1.80. The van der Waals surface area contributed by atoms with Gasteiger partial charge in [0.2, 0.25) is 5.78 Å². The summed E-state index contributed by atoms with van der Waals surface area (Å²) in [5.41, 5.74) is 0. The molecule has 0 aromatic carbocycles. The monoisotopic (exact) mass is 212 g/mol. The van der Waals surface area contributed by atoms with Gasteiger partial charge in [-0.15, -0.1) is 0 Å². The van der Waals surface area contributed by atoms with Crippen molar-refractivity contribution in [2.45, 2.75) is 19.4 Å². The summed E-state index contributed by atoms with van der Waals surface area (Å²) >= 11 is 0. The average molecular weight is 212 g/mol. The number of aliphatic hydroxyl groups excluding tert-OH is 1. The quantitative estimate of drug-likeness (QED) is 0.576. The molecule has 0 aliphatic rings. The summed E-state index contributed by atoms with van der Waals surface area (Å²) in [5, 5.41) is 9.28. The fourth-order valence-corrected chi connectivity index (χ4v) is 1.04. The number of rotatable bonds is 5. The highest BCUT2D eigenvalue weighted by atomic mass is 16.5. The molecular weight excluding hydrogens is 200 g/mol. The molecule has 0 bridgehead atoms. The topological polar surface area (TPSA) is 76.7 Å². The number of hydrogen-bond donors (Lipinski definition) is 1. The Morgan fingerprint density at radius 1 is 1.60 bits per heavy atom. The third-order valence-corrected chi connectivity index (χ3v) is 1.73. The molecule has 0 saturated heterocycles. The van der Waals surface area contributed by atoms with E-state index < -0.39 is 17.9 Å². The lowest BCUT2D eigenvalue weighted by Crippen LogP contribution is -2.25. The van der Waals surface area contributed by atoms with Gasteiger partial charge in [0.05, 0.1) is 19.3 Å². The second-order valence-corrected chi connectivity index (χ2v) is 2.87. The van der Waals surface area contributed by atoms with Crippen LogP contribution in [0.2, 0.25) is 0 Å². The van der Waals surface area contributed by atoms with Crippen LogP contribution in [0.25, 0.3) is 0 Å². The summed E-state index contributed by atoms with van der Waals surface area (Å²) in [5.74, 6) is -1.10. The first-order valence-corrected chi connectivity index (χ1v) is 4.56. The number of esters is 1. The minimum absolute atomic E-state index is 0.123. The molecule has 0 aliphatic heterocycles. The molecular formula is C10H12O5. The van der Waals surface area contributed by atoms with Crippen molar-refractivity contribution in [3.8, 4) is 0 Å². The molecule has 5 heteroatoms. The lowest BCUT2D eigenvalue weighted by molar-refractivity contribution is -0.152. The Labute approximate surface area is 86.6 Å². The molecule has 0 spiro atoms. The standard InChI is InChI=1S/C10H12O5/c1-2-14-10(13)8(12)6-7(11)9-4-3-5-15-9/h3-5,8,12H,2,6H2,1H3. The van der Waals surface area contributed by atoms with Crippen molar-refractivity contribution in [3.05, 3.63) is 24.2 Å². The first-order valence-electron chi connectivity index (χ1n) is 4.56. The highest BCUT2D eigenvalue weighted by Crippen LogP contribution is 2.07. The minimum atomic E-state index is -1.43. The zero-order valence-corrected chi connectivity index (χ0v) is 8.30. The van der Waals surface area contributed by atoms with Gasteiger partial charge in [0.1, 0.15) is 0 Å². The predicted octanol–water partition coefficient (Wildman–Crippen LogP) is 0.776. The number of carbonyl (C=O) groups is 2. The fraction of sp³-hybridized carbons (Fsp3) is 0.400. The first-order chi connectivity index (χ1) is 7.15. The van der Waals surface area contributed by atoms with Gasteiger partial charge in [0, 0.05) is 0 Å². The number of hydrogen-bond acceptors (Lipinski definition) is 5. The van der Waals surface area contributed by atoms with Gasteiger partial charge in [-0.25, -0.2) is 4.79 Å². The molecule has 0 saturated carbocycles. The van der Waals surface area contributed by atoms with Gasteiger partial charge in [-0.05, 0) is 19.1 Å². The Kier molecular flexibility index (Phi) is 4.05. The molecule has 1 aromatic rings. The van der Waals surface area contributed by atoms with Crippen molar-refractivity contribution in [3.63, 3.8) is 0 Å². The lowest BCUT2D eigenvalue weighted by Gasteiger charge is -2.07. The average Bonchev–Trinajstić information content (AvgIpc) is 2.70. The van der Waals surface area contributed by atoms with Crippen LogP contribution in [0, 0.1) is 0 Å². The molecule has 1 heterocycles. The number of carbonyl (C=O) groups excluding carboxylic acids is 2. The van der Waals surface area contributed by atoms with Gasteiger partial charge < -0.3 is 14.3 Å². The van der Waals surface area contributed by atoms with Gasteiger partial charge in [-0.1, -0.05) is 0 Å². The Balaban J connectivity index is 2.48. The summed E-state index contributed by atoms with van der Waals surface area (Å²) in [7, 11) is 0. The van der Waals surface area contributed by atoms with Gasteiger partial charge in [-0.3, -0.25) is 4.79 Å². The van der Waals surface area contributed by atoms with E-state index in [1.807, 2.05) is 0 Å². The maximum absolute atomic E-state index is 11.4. The molecule has 1 atom stereocenters. The van der Waals surface area contributed by atoms with Crippen LogP contribution in [-0.4, -0.2) is 29.6 Å². The van der Waals surface area contributed by atoms with E-state index in [0.29, 0.717) is 0 Å². The van der Waals surface area contributed by atoms with E-state index in [-0.39, 0.29) is 18.8 Å². The smallest absolute Gasteiger partial charge is 0.335 e. The molecule has 1 N–H and O–H groups in total. The summed E-state index contributed by atoms with van der Waals surface area (Å²) in [6, 6.07) is 3.03. The Morgan fingerprint density at radius 2 is 2.33 bits per heavy atom. The Bertz CT molecular complexity index is 328. The second kappa shape index (κ2) is 5.31. The maximum atomic E-state index is 11.4. The van der Waals surface area contributed by atoms with E-state index >= 15 is 0 Å². The molecule has 0 aliphatic carbocycles. The molecule has 0 amide bonds. The van der Waals surface area contributed by atoms with Crippen molar-refractivity contribution in [2.24, 2.45) is 0 Å². The number of Topliss-reactive ketones (excluding diaryl/α,β-unsaturated/α-hetero) is 1. The van der Waals surface area contributed by atoms with Crippen molar-refractivity contribution < 1.29 is 23.8 Å². The van der Waals surface area contributed by atoms with Crippen LogP contribution in [-0.2, 0) is 9.53 Å². The van der Waals surface area contributed by atoms with E-state index in [9.17, 15) is 14.7 Å². The fourth-order valence-electron chi connectivity index (χ4n) is 1.04. The molecule has 1 rings (SSSR count). The van der Waals surface area contributed by atoms with Crippen LogP contribution in [0.1, 0.15) is 23.9 Å². The highest BCUT2D eigenvalue weighted by molar-refractivity contribution is 5.96. The van der Waals surface area contributed by atoms with Crippen molar-refractivity contribution in [2.75, 3.05) is 6.61 Å². The van der Waals surface area contributed by atoms with Gasteiger partial charge in [0.15, 0.2) is 11.9 Å². The van der Waals surface area contributed by atoms with Crippen LogP contribution in [0.5, 0.6) is 0 Å². The lowest BCUT2D eigenvalue weighted by atomic mass is 10.1. The van der Waals surface area contributed by atoms with Crippen molar-refractivity contribution >= 4 is 11.8 Å². The van der Waals surface area contributed by atoms with E-state index in [2.05, 4.69) is 4.74 Å². The Morgan fingerprint density at radius 3 is 2.87 bits per heavy atom. The van der Waals surface area contributed by atoms with E-state index in [1.165, 1.54) is 12.3 Å². The van der Waals surface area contributed by atoms with Gasteiger partial charge in [0.25, 0.3) is 0 Å². The third kappa shape index (κ3) is 3.21. The molecule has 1 aromatic heterocycles. The number of ether oxygens (including phenoxy) is 1. The zero-order valence-electron chi connectivity index (χ0n) is 8.30. The molecule has 0 fully saturated rings. The van der Waals surface area contributed by atoms with Crippen LogP contribution < -0.4 is 0 Å². The number of aliphatic hydroxyl groups is 1. The zero-order chi connectivity index (χ0) is 11.3. The first kappa shape index (κ1) is 11.5. The number of ketones is 1. The molecule has 5 nitrogen and oxygen atoms in total. The van der Waals surface area contributed by atoms with E-state index in [0.717, 1.165) is 0 Å². The van der Waals surface area contributed by atoms with Crippen molar-refractivity contribution in [1.29, 1.82) is 0 Å². The maximum Gasteiger partial charge on any atom is 0.335 e. The summed E-state index contributed by atoms with van der Waals surface area (Å²) < 4.78 is 9.37. The summed E-state index contributed by atoms with van der Waals surface area (Å²) in [6.07, 6.45) is -0.404. The van der Waals surface area contributed by atoms with Gasteiger partial charge in [-0.2, -0.15) is 0 Å². The third-order valence-electron chi connectivity index (χ3n) is 1.73. The predicted molar refractivity (Wildman–Crippen MR) is 50.3 cm³/mol. The highest BCUT2D eigenvalue weighted by Gasteiger charge is 2.21. The van der Waals surface area contributed by atoms with Crippen LogP contribution in [0.3, 0.4) is 0 Å². The molecule has 1 unspecified atom stereocenters. The minimum Gasteiger partial charge on any atom is -0.464 e.